The van der Waals surface area contributed by atoms with Crippen LogP contribution in [0.4, 0.5) is 11.4 Å². The molecule has 0 radical (unpaired) electrons. The van der Waals surface area contributed by atoms with Crippen molar-refractivity contribution in [3.8, 4) is 0 Å². The van der Waals surface area contributed by atoms with Gasteiger partial charge in [-0.3, -0.25) is 10.1 Å². The van der Waals surface area contributed by atoms with E-state index in [1.807, 2.05) is 0 Å². The van der Waals surface area contributed by atoms with E-state index in [1.165, 1.54) is 6.20 Å². The number of pyridine rings is 1. The van der Waals surface area contributed by atoms with E-state index in [0.29, 0.717) is 16.6 Å². The molecule has 0 aliphatic heterocycles. The average Bonchev–Trinajstić information content (AvgIpc) is 2.47. The third-order valence-corrected chi connectivity index (χ3v) is 4.81. The zero-order chi connectivity index (χ0) is 15.5. The molecule has 0 saturated heterocycles. The molecule has 0 aliphatic rings. The van der Waals surface area contributed by atoms with Gasteiger partial charge in [-0.1, -0.05) is 25.1 Å². The lowest BCUT2D eigenvalue weighted by Gasteiger charge is -2.09. The number of rotatable bonds is 6. The second-order valence-electron chi connectivity index (χ2n) is 4.46. The number of sulfone groups is 1. The molecule has 8 heteroatoms. The maximum absolute atomic E-state index is 11.5. The molecule has 0 atom stereocenters. The van der Waals surface area contributed by atoms with Gasteiger partial charge in [0.1, 0.15) is 11.9 Å². The summed E-state index contributed by atoms with van der Waals surface area (Å²) >= 11 is 0. The van der Waals surface area contributed by atoms with E-state index in [1.54, 1.807) is 31.2 Å². The molecule has 7 nitrogen and oxygen atoms in total. The van der Waals surface area contributed by atoms with Gasteiger partial charge in [0.2, 0.25) is 0 Å². The van der Waals surface area contributed by atoms with Crippen LogP contribution in [0.5, 0.6) is 0 Å². The van der Waals surface area contributed by atoms with Gasteiger partial charge in [0.15, 0.2) is 9.84 Å². The van der Waals surface area contributed by atoms with Crippen molar-refractivity contribution in [3.05, 3.63) is 40.6 Å². The highest BCUT2D eigenvalue weighted by atomic mass is 32.2. The Balaban J connectivity index is 2.36. The number of anilines is 1. The molecule has 1 aromatic heterocycles. The molecule has 0 saturated carbocycles. The van der Waals surface area contributed by atoms with Crippen molar-refractivity contribution in [3.63, 3.8) is 0 Å². The highest BCUT2D eigenvalue weighted by molar-refractivity contribution is 7.91. The van der Waals surface area contributed by atoms with Gasteiger partial charge in [0.05, 0.1) is 16.2 Å². The van der Waals surface area contributed by atoms with Crippen LogP contribution < -0.4 is 5.32 Å². The van der Waals surface area contributed by atoms with E-state index < -0.39 is 14.8 Å². The average molecular weight is 309 g/mol. The Labute approximate surface area is 122 Å². The molecule has 0 bridgehead atoms. The lowest BCUT2D eigenvalue weighted by atomic mass is 10.1. The van der Waals surface area contributed by atoms with Gasteiger partial charge >= 0.3 is 5.69 Å². The molecular formula is C13H15N3O4S. The van der Waals surface area contributed by atoms with Gasteiger partial charge in [-0.05, 0) is 6.07 Å². The molecule has 0 spiro atoms. The van der Waals surface area contributed by atoms with Crippen molar-refractivity contribution in [2.45, 2.75) is 6.92 Å². The fourth-order valence-corrected chi connectivity index (χ4v) is 2.63. The number of nitro groups is 1. The van der Waals surface area contributed by atoms with Gasteiger partial charge in [0.25, 0.3) is 0 Å². The Hall–Kier alpha value is -2.22. The summed E-state index contributed by atoms with van der Waals surface area (Å²) in [7, 11) is -3.12. The Morgan fingerprint density at radius 1 is 1.33 bits per heavy atom. The summed E-state index contributed by atoms with van der Waals surface area (Å²) in [6.07, 6.45) is 1.18. The molecule has 2 aromatic rings. The number of hydrogen-bond acceptors (Lipinski definition) is 6. The molecule has 0 aliphatic carbocycles. The van der Waals surface area contributed by atoms with Crippen LogP contribution >= 0.6 is 0 Å². The molecule has 2 rings (SSSR count). The maximum Gasteiger partial charge on any atom is 0.311 e. The lowest BCUT2D eigenvalue weighted by molar-refractivity contribution is -0.384. The molecule has 0 amide bonds. The van der Waals surface area contributed by atoms with Crippen molar-refractivity contribution in [1.82, 2.24) is 4.98 Å². The van der Waals surface area contributed by atoms with E-state index in [2.05, 4.69) is 10.3 Å². The predicted octanol–water partition coefficient (Wildman–Crippen LogP) is 1.99. The molecule has 1 heterocycles. The van der Waals surface area contributed by atoms with Crippen molar-refractivity contribution in [2.75, 3.05) is 23.4 Å². The summed E-state index contributed by atoms with van der Waals surface area (Å²) in [5.41, 5.74) is 0.753. The number of nitrogens with zero attached hydrogens (tertiary/aromatic N) is 2. The summed E-state index contributed by atoms with van der Waals surface area (Å²) in [5.74, 6) is -0.0226. The van der Waals surface area contributed by atoms with E-state index >= 15 is 0 Å². The Bertz CT molecular complexity index is 774. The van der Waals surface area contributed by atoms with E-state index in [4.69, 9.17) is 0 Å². The van der Waals surface area contributed by atoms with E-state index in [-0.39, 0.29) is 23.7 Å². The minimum Gasteiger partial charge on any atom is -0.378 e. The minimum atomic E-state index is -3.12. The van der Waals surface area contributed by atoms with Gasteiger partial charge < -0.3 is 5.32 Å². The van der Waals surface area contributed by atoms with Crippen LogP contribution in [-0.4, -0.2) is 36.4 Å². The van der Waals surface area contributed by atoms with Gasteiger partial charge in [0, 0.05) is 17.7 Å². The van der Waals surface area contributed by atoms with Crippen molar-refractivity contribution in [2.24, 2.45) is 0 Å². The summed E-state index contributed by atoms with van der Waals surface area (Å²) in [6.45, 7) is 1.69. The monoisotopic (exact) mass is 309 g/mol. The van der Waals surface area contributed by atoms with Crippen LogP contribution in [0.3, 0.4) is 0 Å². The van der Waals surface area contributed by atoms with Gasteiger partial charge in [-0.2, -0.15) is 0 Å². The maximum atomic E-state index is 11.5. The van der Waals surface area contributed by atoms with Gasteiger partial charge in [-0.15, -0.1) is 0 Å². The van der Waals surface area contributed by atoms with Crippen LogP contribution in [0.1, 0.15) is 6.92 Å². The number of hydrogen-bond donors (Lipinski definition) is 1. The van der Waals surface area contributed by atoms with E-state index in [0.717, 1.165) is 0 Å². The number of benzene rings is 1. The summed E-state index contributed by atoms with van der Waals surface area (Å²) in [5, 5.41) is 14.6. The summed E-state index contributed by atoms with van der Waals surface area (Å²) < 4.78 is 23.0. The van der Waals surface area contributed by atoms with Crippen LogP contribution in [0.25, 0.3) is 10.9 Å². The molecule has 1 N–H and O–H groups in total. The predicted molar refractivity (Wildman–Crippen MR) is 81.2 cm³/mol. The molecule has 0 unspecified atom stereocenters. The fraction of sp³-hybridized carbons (Fsp3) is 0.308. The number of para-hydroxylation sites is 1. The Morgan fingerprint density at radius 3 is 2.71 bits per heavy atom. The highest BCUT2D eigenvalue weighted by Gasteiger charge is 2.18. The topological polar surface area (TPSA) is 102 Å². The number of nitrogens with one attached hydrogen (secondary N) is 1. The van der Waals surface area contributed by atoms with Crippen molar-refractivity contribution in [1.29, 1.82) is 0 Å². The van der Waals surface area contributed by atoms with Crippen molar-refractivity contribution >= 4 is 32.1 Å². The van der Waals surface area contributed by atoms with Crippen LogP contribution in [0, 0.1) is 10.1 Å². The third-order valence-electron chi connectivity index (χ3n) is 3.11. The molecule has 0 fully saturated rings. The smallest absolute Gasteiger partial charge is 0.311 e. The Kier molecular flexibility index (Phi) is 4.37. The second-order valence-corrected chi connectivity index (χ2v) is 6.93. The molecular weight excluding hydrogens is 294 g/mol. The summed E-state index contributed by atoms with van der Waals surface area (Å²) in [6, 6.07) is 6.99. The first-order valence-electron chi connectivity index (χ1n) is 6.41. The highest BCUT2D eigenvalue weighted by Crippen LogP contribution is 2.31. The zero-order valence-corrected chi connectivity index (χ0v) is 12.3. The largest absolute Gasteiger partial charge is 0.378 e. The number of aromatic nitrogens is 1. The standard InChI is InChI=1S/C13H15N3O4S/c1-2-21(19,20)8-7-14-13-10-5-3-4-6-11(10)15-9-12(13)16(17)18/h3-6,9H,2,7-8H2,1H3,(H,14,15). The zero-order valence-electron chi connectivity index (χ0n) is 11.4. The first-order chi connectivity index (χ1) is 9.94. The third kappa shape index (κ3) is 3.46. The first kappa shape index (κ1) is 15.2. The van der Waals surface area contributed by atoms with Crippen molar-refractivity contribution < 1.29 is 13.3 Å². The second kappa shape index (κ2) is 6.04. The van der Waals surface area contributed by atoms with Crippen LogP contribution in [0.2, 0.25) is 0 Å². The molecule has 1 aromatic carbocycles. The molecule has 21 heavy (non-hydrogen) atoms. The summed E-state index contributed by atoms with van der Waals surface area (Å²) in [4.78, 5) is 14.6. The lowest BCUT2D eigenvalue weighted by Crippen LogP contribution is -2.17. The van der Waals surface area contributed by atoms with Crippen LogP contribution in [0.15, 0.2) is 30.5 Å². The number of fused-ring (bicyclic) bond motifs is 1. The van der Waals surface area contributed by atoms with Crippen LogP contribution in [-0.2, 0) is 9.84 Å². The quantitative estimate of drug-likeness (QED) is 0.646. The fourth-order valence-electron chi connectivity index (χ4n) is 1.93. The Morgan fingerprint density at radius 2 is 2.05 bits per heavy atom. The normalized spacial score (nSPS) is 11.5. The van der Waals surface area contributed by atoms with Gasteiger partial charge in [-0.25, -0.2) is 13.4 Å². The first-order valence-corrected chi connectivity index (χ1v) is 8.23. The molecule has 112 valence electrons. The van der Waals surface area contributed by atoms with E-state index in [9.17, 15) is 18.5 Å². The SMILES string of the molecule is CCS(=O)(=O)CCNc1c([N+](=O)[O-])cnc2ccccc12. The minimum absolute atomic E-state index is 0.0495.